The Hall–Kier alpha value is -1.18. The van der Waals surface area contributed by atoms with Gasteiger partial charge in [0.2, 0.25) is 0 Å². The van der Waals surface area contributed by atoms with Crippen LogP contribution in [0, 0.1) is 5.92 Å². The van der Waals surface area contributed by atoms with E-state index in [1.807, 2.05) is 18.2 Å². The van der Waals surface area contributed by atoms with Crippen LogP contribution in [0.4, 0.5) is 0 Å². The van der Waals surface area contributed by atoms with Gasteiger partial charge in [-0.2, -0.15) is 0 Å². The van der Waals surface area contributed by atoms with Crippen LogP contribution < -0.4 is 20.5 Å². The van der Waals surface area contributed by atoms with E-state index in [1.54, 1.807) is 14.2 Å². The minimum atomic E-state index is 0. The number of ether oxygens (including phenoxy) is 2. The summed E-state index contributed by atoms with van der Waals surface area (Å²) in [5.41, 5.74) is 7.04. The molecule has 0 aliphatic heterocycles. The summed E-state index contributed by atoms with van der Waals surface area (Å²) in [6.07, 6.45) is 6.11. The zero-order valence-corrected chi connectivity index (χ0v) is 16.3. The first kappa shape index (κ1) is 19.9. The quantitative estimate of drug-likeness (QED) is 0.272. The van der Waals surface area contributed by atoms with Crippen molar-refractivity contribution in [3.05, 3.63) is 23.8 Å². The third-order valence-electron chi connectivity index (χ3n) is 3.92. The van der Waals surface area contributed by atoms with Crippen LogP contribution >= 0.6 is 24.0 Å². The molecule has 1 aromatic rings. The van der Waals surface area contributed by atoms with Crippen LogP contribution in [0.5, 0.6) is 11.5 Å². The van der Waals surface area contributed by atoms with Crippen LogP contribution in [0.1, 0.15) is 31.2 Å². The number of nitrogens with zero attached hydrogens (tertiary/aromatic N) is 1. The second-order valence-electron chi connectivity index (χ2n) is 5.72. The van der Waals surface area contributed by atoms with Gasteiger partial charge in [0, 0.05) is 13.1 Å². The molecule has 1 aliphatic carbocycles. The number of nitrogens with one attached hydrogen (secondary N) is 1. The van der Waals surface area contributed by atoms with Crippen molar-refractivity contribution in [2.45, 2.75) is 32.1 Å². The average Bonchev–Trinajstić information content (AvgIpc) is 3.35. The Bertz CT molecular complexity index is 505. The second-order valence-corrected chi connectivity index (χ2v) is 5.72. The number of hydrogen-bond acceptors (Lipinski definition) is 3. The summed E-state index contributed by atoms with van der Waals surface area (Å²) in [5, 5.41) is 3.16. The zero-order valence-electron chi connectivity index (χ0n) is 14.0. The summed E-state index contributed by atoms with van der Waals surface area (Å²) < 4.78 is 10.5. The molecule has 0 atom stereocenters. The lowest BCUT2D eigenvalue weighted by molar-refractivity contribution is 0.354. The number of aliphatic imine (C=N–C) groups is 1. The van der Waals surface area contributed by atoms with E-state index < -0.39 is 0 Å². The van der Waals surface area contributed by atoms with Gasteiger partial charge in [-0.1, -0.05) is 18.9 Å². The lowest BCUT2D eigenvalue weighted by Gasteiger charge is -2.10. The second kappa shape index (κ2) is 10.6. The molecule has 1 aromatic carbocycles. The fourth-order valence-corrected chi connectivity index (χ4v) is 2.41. The Labute approximate surface area is 156 Å². The number of nitrogens with two attached hydrogens (primary N) is 1. The number of methoxy groups -OCH3 is 2. The van der Waals surface area contributed by atoms with Crippen LogP contribution in [-0.2, 0) is 6.42 Å². The summed E-state index contributed by atoms with van der Waals surface area (Å²) in [6, 6.07) is 5.94. The summed E-state index contributed by atoms with van der Waals surface area (Å²) >= 11 is 0. The molecule has 2 rings (SSSR count). The average molecular weight is 433 g/mol. The van der Waals surface area contributed by atoms with E-state index in [9.17, 15) is 0 Å². The molecule has 6 heteroatoms. The van der Waals surface area contributed by atoms with Crippen LogP contribution in [0.25, 0.3) is 0 Å². The Morgan fingerprint density at radius 2 is 2.00 bits per heavy atom. The van der Waals surface area contributed by atoms with E-state index in [4.69, 9.17) is 15.2 Å². The van der Waals surface area contributed by atoms with E-state index in [2.05, 4.69) is 10.3 Å². The maximum Gasteiger partial charge on any atom is 0.188 e. The molecule has 0 radical (unpaired) electrons. The van der Waals surface area contributed by atoms with Crippen molar-refractivity contribution in [1.29, 1.82) is 0 Å². The highest BCUT2D eigenvalue weighted by atomic mass is 127. The fraction of sp³-hybridized carbons (Fsp3) is 0.588. The van der Waals surface area contributed by atoms with Gasteiger partial charge in [0.25, 0.3) is 0 Å². The third kappa shape index (κ3) is 7.28. The minimum Gasteiger partial charge on any atom is -0.493 e. The molecule has 0 heterocycles. The predicted octanol–water partition coefficient (Wildman–Crippen LogP) is 2.96. The fourth-order valence-electron chi connectivity index (χ4n) is 2.41. The van der Waals surface area contributed by atoms with Crippen LogP contribution in [0.15, 0.2) is 23.2 Å². The number of guanidine groups is 1. The predicted molar refractivity (Wildman–Crippen MR) is 105 cm³/mol. The topological polar surface area (TPSA) is 68.9 Å². The molecule has 1 aliphatic rings. The molecular formula is C17H28IN3O2. The van der Waals surface area contributed by atoms with Crippen molar-refractivity contribution in [1.82, 2.24) is 5.32 Å². The molecule has 5 nitrogen and oxygen atoms in total. The van der Waals surface area contributed by atoms with Crippen molar-refractivity contribution in [2.24, 2.45) is 16.6 Å². The van der Waals surface area contributed by atoms with Crippen LogP contribution in [-0.4, -0.2) is 33.3 Å². The molecule has 1 saturated carbocycles. The largest absolute Gasteiger partial charge is 0.493 e. The molecule has 3 N–H and O–H groups in total. The molecule has 23 heavy (non-hydrogen) atoms. The van der Waals surface area contributed by atoms with Crippen molar-refractivity contribution >= 4 is 29.9 Å². The first-order valence-corrected chi connectivity index (χ1v) is 7.97. The molecule has 130 valence electrons. The molecule has 0 saturated heterocycles. The zero-order chi connectivity index (χ0) is 15.8. The van der Waals surface area contributed by atoms with Gasteiger partial charge >= 0.3 is 0 Å². The first-order chi connectivity index (χ1) is 10.7. The molecule has 0 bridgehead atoms. The molecule has 0 aromatic heterocycles. The first-order valence-electron chi connectivity index (χ1n) is 7.97. The van der Waals surface area contributed by atoms with Crippen molar-refractivity contribution in [2.75, 3.05) is 27.3 Å². The normalized spacial score (nSPS) is 14.1. The standard InChI is InChI=1S/C17H27N3O2.HI/c1-21-15-8-7-14(12-16(15)22-2)9-11-20-17(18)19-10-3-4-13-5-6-13;/h7-8,12-13H,3-6,9-11H2,1-2H3,(H3,18,19,20);1H. The lowest BCUT2D eigenvalue weighted by atomic mass is 10.1. The molecule has 1 fully saturated rings. The molecular weight excluding hydrogens is 405 g/mol. The highest BCUT2D eigenvalue weighted by Gasteiger charge is 2.19. The number of rotatable bonds is 9. The minimum absolute atomic E-state index is 0. The SMILES string of the molecule is COc1ccc(CCNC(N)=NCCCC2CC2)cc1OC.I. The smallest absolute Gasteiger partial charge is 0.188 e. The van der Waals surface area contributed by atoms with E-state index in [1.165, 1.54) is 24.8 Å². The maximum atomic E-state index is 5.87. The van der Waals surface area contributed by atoms with E-state index in [-0.39, 0.29) is 24.0 Å². The van der Waals surface area contributed by atoms with Gasteiger partial charge in [-0.25, -0.2) is 0 Å². The number of benzene rings is 1. The lowest BCUT2D eigenvalue weighted by Crippen LogP contribution is -2.33. The maximum absolute atomic E-state index is 5.87. The van der Waals surface area contributed by atoms with Gasteiger partial charge in [-0.05, 0) is 42.9 Å². The molecule has 0 spiro atoms. The number of halogens is 1. The van der Waals surface area contributed by atoms with E-state index in [0.717, 1.165) is 43.3 Å². The van der Waals surface area contributed by atoms with Crippen LogP contribution in [0.3, 0.4) is 0 Å². The Balaban J connectivity index is 0.00000264. The summed E-state index contributed by atoms with van der Waals surface area (Å²) in [4.78, 5) is 4.35. The monoisotopic (exact) mass is 433 g/mol. The summed E-state index contributed by atoms with van der Waals surface area (Å²) in [6.45, 7) is 1.58. The van der Waals surface area contributed by atoms with Crippen molar-refractivity contribution in [3.8, 4) is 11.5 Å². The summed E-state index contributed by atoms with van der Waals surface area (Å²) in [7, 11) is 3.28. The van der Waals surface area contributed by atoms with Crippen molar-refractivity contribution in [3.63, 3.8) is 0 Å². The molecule has 0 unspecified atom stereocenters. The van der Waals surface area contributed by atoms with Gasteiger partial charge < -0.3 is 20.5 Å². The van der Waals surface area contributed by atoms with E-state index >= 15 is 0 Å². The summed E-state index contributed by atoms with van der Waals surface area (Å²) in [5.74, 6) is 3.00. The number of hydrogen-bond donors (Lipinski definition) is 2. The van der Waals surface area contributed by atoms with Gasteiger partial charge in [-0.15, -0.1) is 24.0 Å². The van der Waals surface area contributed by atoms with Gasteiger partial charge in [0.05, 0.1) is 14.2 Å². The highest BCUT2D eigenvalue weighted by molar-refractivity contribution is 14.0. The van der Waals surface area contributed by atoms with E-state index in [0.29, 0.717) is 5.96 Å². The Morgan fingerprint density at radius 3 is 2.65 bits per heavy atom. The van der Waals surface area contributed by atoms with Crippen molar-refractivity contribution < 1.29 is 9.47 Å². The Morgan fingerprint density at radius 1 is 1.26 bits per heavy atom. The van der Waals surface area contributed by atoms with Crippen LogP contribution in [0.2, 0.25) is 0 Å². The highest BCUT2D eigenvalue weighted by Crippen LogP contribution is 2.33. The van der Waals surface area contributed by atoms with Gasteiger partial charge in [-0.3, -0.25) is 4.99 Å². The Kier molecular flexibility index (Phi) is 9.13. The van der Waals surface area contributed by atoms with Gasteiger partial charge in [0.15, 0.2) is 17.5 Å². The molecule has 0 amide bonds. The van der Waals surface area contributed by atoms with Gasteiger partial charge in [0.1, 0.15) is 0 Å². The third-order valence-corrected chi connectivity index (χ3v) is 3.92.